The summed E-state index contributed by atoms with van der Waals surface area (Å²) in [5.74, 6) is -0.222. The summed E-state index contributed by atoms with van der Waals surface area (Å²) < 4.78 is 0. The van der Waals surface area contributed by atoms with Gasteiger partial charge in [-0.05, 0) is 58.9 Å². The average molecular weight is 397 g/mol. The minimum atomic E-state index is -0.222. The SMILES string of the molecule is Nc1cc(CCO)ccc1C(c1ccc(CCO)cc1N)c1ccccc1Cl. The third-order valence-corrected chi connectivity index (χ3v) is 5.29. The second-order valence-electron chi connectivity index (χ2n) is 6.83. The van der Waals surface area contributed by atoms with Crippen LogP contribution in [0, 0.1) is 0 Å². The highest BCUT2D eigenvalue weighted by Crippen LogP contribution is 2.41. The van der Waals surface area contributed by atoms with Gasteiger partial charge < -0.3 is 21.7 Å². The molecule has 146 valence electrons. The molecule has 3 rings (SSSR count). The Labute approximate surface area is 170 Å². The van der Waals surface area contributed by atoms with Crippen LogP contribution in [0.3, 0.4) is 0 Å². The largest absolute Gasteiger partial charge is 0.398 e. The zero-order valence-corrected chi connectivity index (χ0v) is 16.4. The third-order valence-electron chi connectivity index (χ3n) is 4.94. The molecule has 0 fully saturated rings. The predicted molar refractivity (Wildman–Crippen MR) is 116 cm³/mol. The summed E-state index contributed by atoms with van der Waals surface area (Å²) in [6.07, 6.45) is 1.11. The molecule has 0 aliphatic rings. The molecule has 0 aromatic heterocycles. The summed E-state index contributed by atoms with van der Waals surface area (Å²) in [6, 6.07) is 19.4. The lowest BCUT2D eigenvalue weighted by molar-refractivity contribution is 0.299. The molecule has 0 saturated heterocycles. The summed E-state index contributed by atoms with van der Waals surface area (Å²) in [5.41, 5.74) is 18.8. The molecule has 0 radical (unpaired) electrons. The highest BCUT2D eigenvalue weighted by Gasteiger charge is 2.23. The van der Waals surface area contributed by atoms with Crippen LogP contribution < -0.4 is 11.5 Å². The Kier molecular flexibility index (Phi) is 6.57. The summed E-state index contributed by atoms with van der Waals surface area (Å²) in [6.45, 7) is 0.151. The van der Waals surface area contributed by atoms with Gasteiger partial charge in [-0.15, -0.1) is 0 Å². The van der Waals surface area contributed by atoms with Crippen LogP contribution in [-0.2, 0) is 12.8 Å². The van der Waals surface area contributed by atoms with E-state index in [0.29, 0.717) is 29.2 Å². The van der Waals surface area contributed by atoms with E-state index in [1.165, 1.54) is 0 Å². The molecule has 0 bridgehead atoms. The molecule has 0 saturated carbocycles. The first kappa shape index (κ1) is 20.2. The monoisotopic (exact) mass is 396 g/mol. The van der Waals surface area contributed by atoms with E-state index in [4.69, 9.17) is 23.1 Å². The van der Waals surface area contributed by atoms with E-state index in [0.717, 1.165) is 27.8 Å². The van der Waals surface area contributed by atoms with Gasteiger partial charge in [0.1, 0.15) is 0 Å². The van der Waals surface area contributed by atoms with E-state index >= 15 is 0 Å². The fraction of sp³-hybridized carbons (Fsp3) is 0.217. The highest BCUT2D eigenvalue weighted by molar-refractivity contribution is 6.31. The Morgan fingerprint density at radius 1 is 0.714 bits per heavy atom. The number of aliphatic hydroxyl groups excluding tert-OH is 2. The van der Waals surface area contributed by atoms with Gasteiger partial charge in [0, 0.05) is 35.5 Å². The van der Waals surface area contributed by atoms with Crippen molar-refractivity contribution in [3.8, 4) is 0 Å². The average Bonchev–Trinajstić information content (AvgIpc) is 2.67. The smallest absolute Gasteiger partial charge is 0.0471 e. The van der Waals surface area contributed by atoms with Crippen molar-refractivity contribution in [3.05, 3.63) is 93.5 Å². The lowest BCUT2D eigenvalue weighted by atomic mass is 9.82. The zero-order valence-electron chi connectivity index (χ0n) is 15.6. The molecular weight excluding hydrogens is 372 g/mol. The van der Waals surface area contributed by atoms with Crippen LogP contribution in [0.25, 0.3) is 0 Å². The van der Waals surface area contributed by atoms with Crippen molar-refractivity contribution in [1.82, 2.24) is 0 Å². The Bertz CT molecular complexity index is 904. The number of aliphatic hydroxyl groups is 2. The molecule has 0 atom stereocenters. The van der Waals surface area contributed by atoms with Crippen molar-refractivity contribution in [2.24, 2.45) is 0 Å². The van der Waals surface area contributed by atoms with E-state index in [1.54, 1.807) is 0 Å². The van der Waals surface area contributed by atoms with Gasteiger partial charge in [0.05, 0.1) is 0 Å². The van der Waals surface area contributed by atoms with Crippen LogP contribution in [0.2, 0.25) is 5.02 Å². The van der Waals surface area contributed by atoms with Gasteiger partial charge in [-0.3, -0.25) is 0 Å². The zero-order chi connectivity index (χ0) is 20.1. The normalized spacial score (nSPS) is 11.1. The van der Waals surface area contributed by atoms with E-state index < -0.39 is 0 Å². The number of rotatable bonds is 7. The molecule has 0 unspecified atom stereocenters. The highest BCUT2D eigenvalue weighted by atomic mass is 35.5. The van der Waals surface area contributed by atoms with Crippen molar-refractivity contribution in [2.75, 3.05) is 24.7 Å². The van der Waals surface area contributed by atoms with E-state index in [2.05, 4.69) is 0 Å². The number of nitrogen functional groups attached to an aromatic ring is 2. The summed E-state index contributed by atoms with van der Waals surface area (Å²) >= 11 is 6.54. The number of anilines is 2. The van der Waals surface area contributed by atoms with Crippen LogP contribution in [0.15, 0.2) is 60.7 Å². The van der Waals surface area contributed by atoms with Crippen LogP contribution >= 0.6 is 11.6 Å². The summed E-state index contributed by atoms with van der Waals surface area (Å²) in [5, 5.41) is 19.0. The van der Waals surface area contributed by atoms with E-state index in [9.17, 15) is 10.2 Å². The number of hydrogen-bond donors (Lipinski definition) is 4. The van der Waals surface area contributed by atoms with Gasteiger partial charge in [-0.2, -0.15) is 0 Å². The lowest BCUT2D eigenvalue weighted by Gasteiger charge is -2.24. The maximum Gasteiger partial charge on any atom is 0.0471 e. The first-order chi connectivity index (χ1) is 13.5. The summed E-state index contributed by atoms with van der Waals surface area (Å²) in [7, 11) is 0. The second-order valence-corrected chi connectivity index (χ2v) is 7.24. The molecule has 4 nitrogen and oxygen atoms in total. The Hall–Kier alpha value is -2.53. The number of benzene rings is 3. The molecule has 0 amide bonds. The van der Waals surface area contributed by atoms with Crippen LogP contribution in [0.5, 0.6) is 0 Å². The van der Waals surface area contributed by atoms with E-state index in [-0.39, 0.29) is 19.1 Å². The number of hydrogen-bond acceptors (Lipinski definition) is 4. The van der Waals surface area contributed by atoms with Crippen LogP contribution in [0.4, 0.5) is 11.4 Å². The van der Waals surface area contributed by atoms with Crippen LogP contribution in [0.1, 0.15) is 33.7 Å². The molecule has 28 heavy (non-hydrogen) atoms. The maximum atomic E-state index is 9.19. The van der Waals surface area contributed by atoms with Gasteiger partial charge in [0.15, 0.2) is 0 Å². The van der Waals surface area contributed by atoms with Gasteiger partial charge in [-0.25, -0.2) is 0 Å². The molecule has 0 heterocycles. The predicted octanol–water partition coefficient (Wildman–Crippen LogP) is 3.75. The van der Waals surface area contributed by atoms with Crippen molar-refractivity contribution in [1.29, 1.82) is 0 Å². The molecule has 6 N–H and O–H groups in total. The Morgan fingerprint density at radius 2 is 1.21 bits per heavy atom. The molecule has 0 aliphatic heterocycles. The first-order valence-corrected chi connectivity index (χ1v) is 9.65. The fourth-order valence-corrected chi connectivity index (χ4v) is 3.80. The fourth-order valence-electron chi connectivity index (χ4n) is 3.56. The Morgan fingerprint density at radius 3 is 1.64 bits per heavy atom. The quantitative estimate of drug-likeness (QED) is 0.361. The van der Waals surface area contributed by atoms with Crippen molar-refractivity contribution in [3.63, 3.8) is 0 Å². The molecule has 3 aromatic rings. The summed E-state index contributed by atoms with van der Waals surface area (Å²) in [4.78, 5) is 0. The standard InChI is InChI=1S/C23H25ClN2O2/c24-20-4-2-1-3-17(20)23(18-7-5-15(9-11-27)13-21(18)25)19-8-6-16(10-12-28)14-22(19)26/h1-8,13-14,23,27-28H,9-12,25-26H2. The Balaban J connectivity index is 2.16. The number of nitrogens with two attached hydrogens (primary N) is 2. The molecule has 3 aromatic carbocycles. The molecule has 5 heteroatoms. The first-order valence-electron chi connectivity index (χ1n) is 9.28. The van der Waals surface area contributed by atoms with Crippen molar-refractivity contribution in [2.45, 2.75) is 18.8 Å². The van der Waals surface area contributed by atoms with Gasteiger partial charge in [0.25, 0.3) is 0 Å². The van der Waals surface area contributed by atoms with Crippen LogP contribution in [-0.4, -0.2) is 23.4 Å². The van der Waals surface area contributed by atoms with Gasteiger partial charge in [0.2, 0.25) is 0 Å². The van der Waals surface area contributed by atoms with Gasteiger partial charge >= 0.3 is 0 Å². The van der Waals surface area contributed by atoms with Crippen molar-refractivity contribution >= 4 is 23.0 Å². The molecular formula is C23H25ClN2O2. The van der Waals surface area contributed by atoms with Crippen molar-refractivity contribution < 1.29 is 10.2 Å². The lowest BCUT2D eigenvalue weighted by Crippen LogP contribution is -2.11. The number of halogens is 1. The minimum Gasteiger partial charge on any atom is -0.398 e. The topological polar surface area (TPSA) is 92.5 Å². The van der Waals surface area contributed by atoms with E-state index in [1.807, 2.05) is 60.7 Å². The second kappa shape index (κ2) is 9.11. The maximum absolute atomic E-state index is 9.19. The van der Waals surface area contributed by atoms with Gasteiger partial charge in [-0.1, -0.05) is 54.1 Å². The molecule has 0 spiro atoms. The third kappa shape index (κ3) is 4.30. The molecule has 0 aliphatic carbocycles. The minimum absolute atomic E-state index is 0.0754.